The summed E-state index contributed by atoms with van der Waals surface area (Å²) in [7, 11) is 0. The lowest BCUT2D eigenvalue weighted by Crippen LogP contribution is -1.59. The van der Waals surface area contributed by atoms with Crippen LogP contribution < -0.4 is 0 Å². The third-order valence-corrected chi connectivity index (χ3v) is 1.91. The lowest BCUT2D eigenvalue weighted by molar-refractivity contribution is 1.58. The fraction of sp³-hybridized carbons (Fsp3) is 0.111. The van der Waals surface area contributed by atoms with Crippen molar-refractivity contribution in [1.29, 1.82) is 0 Å². The highest BCUT2D eigenvalue weighted by Gasteiger charge is 1.83. The van der Waals surface area contributed by atoms with Gasteiger partial charge in [-0.05, 0) is 24.4 Å². The lowest BCUT2D eigenvalue weighted by atomic mass is 10.3. The molecule has 1 heteroatoms. The smallest absolute Gasteiger partial charge is 0.0270 e. The van der Waals surface area contributed by atoms with Crippen LogP contribution >= 0.6 is 11.3 Å². The first-order valence-electron chi connectivity index (χ1n) is 3.16. The van der Waals surface area contributed by atoms with Gasteiger partial charge in [0.1, 0.15) is 0 Å². The van der Waals surface area contributed by atoms with Crippen LogP contribution in [0.1, 0.15) is 11.8 Å². The Morgan fingerprint density at radius 2 is 2.50 bits per heavy atom. The Kier molecular flexibility index (Phi) is 2.46. The number of allylic oxidation sites excluding steroid dienone is 2. The van der Waals surface area contributed by atoms with E-state index in [0.717, 1.165) is 5.57 Å². The quantitative estimate of drug-likeness (QED) is 0.567. The summed E-state index contributed by atoms with van der Waals surface area (Å²) < 4.78 is 0. The average Bonchev–Trinajstić information content (AvgIpc) is 2.34. The summed E-state index contributed by atoms with van der Waals surface area (Å²) in [4.78, 5) is 1.28. The minimum atomic E-state index is 1.09. The van der Waals surface area contributed by atoms with Crippen LogP contribution in [0.4, 0.5) is 0 Å². The standard InChI is InChI=1S/C9H10S/c1-8(2)5-6-9-4-3-7-10-9/h3-7H,1H2,2H3/b6-5+. The van der Waals surface area contributed by atoms with E-state index in [2.05, 4.69) is 24.1 Å². The van der Waals surface area contributed by atoms with Crippen molar-refractivity contribution in [2.45, 2.75) is 6.92 Å². The maximum Gasteiger partial charge on any atom is 0.0270 e. The van der Waals surface area contributed by atoms with Gasteiger partial charge < -0.3 is 0 Å². The molecule has 52 valence electrons. The fourth-order valence-electron chi connectivity index (χ4n) is 0.610. The molecule has 0 spiro atoms. The van der Waals surface area contributed by atoms with Crippen molar-refractivity contribution in [3.05, 3.63) is 40.6 Å². The number of rotatable bonds is 2. The summed E-state index contributed by atoms with van der Waals surface area (Å²) in [5.41, 5.74) is 1.09. The zero-order chi connectivity index (χ0) is 7.40. The number of thiophene rings is 1. The predicted molar refractivity (Wildman–Crippen MR) is 48.2 cm³/mol. The first kappa shape index (κ1) is 7.29. The van der Waals surface area contributed by atoms with Crippen molar-refractivity contribution in [2.24, 2.45) is 0 Å². The van der Waals surface area contributed by atoms with E-state index in [0.29, 0.717) is 0 Å². The molecular formula is C9H10S. The maximum absolute atomic E-state index is 3.77. The summed E-state index contributed by atoms with van der Waals surface area (Å²) in [6.45, 7) is 5.76. The molecular weight excluding hydrogens is 140 g/mol. The van der Waals surface area contributed by atoms with Crippen LogP contribution in [0.15, 0.2) is 35.7 Å². The minimum Gasteiger partial charge on any atom is -0.144 e. The van der Waals surface area contributed by atoms with Crippen LogP contribution in [-0.4, -0.2) is 0 Å². The summed E-state index contributed by atoms with van der Waals surface area (Å²) in [5, 5.41) is 2.07. The van der Waals surface area contributed by atoms with Gasteiger partial charge in [-0.2, -0.15) is 0 Å². The summed E-state index contributed by atoms with van der Waals surface area (Å²) in [6.07, 6.45) is 4.10. The fourth-order valence-corrected chi connectivity index (χ4v) is 1.23. The molecule has 1 aromatic heterocycles. The molecule has 1 heterocycles. The molecule has 0 aromatic carbocycles. The Labute approximate surface area is 65.5 Å². The Balaban J connectivity index is 2.64. The molecule has 0 aliphatic heterocycles. The van der Waals surface area contributed by atoms with E-state index in [1.165, 1.54) is 4.88 Å². The van der Waals surface area contributed by atoms with E-state index in [9.17, 15) is 0 Å². The number of hydrogen-bond donors (Lipinski definition) is 0. The first-order valence-corrected chi connectivity index (χ1v) is 4.04. The lowest BCUT2D eigenvalue weighted by Gasteiger charge is -1.83. The Bertz CT molecular complexity index is 229. The summed E-state index contributed by atoms with van der Waals surface area (Å²) >= 11 is 1.74. The van der Waals surface area contributed by atoms with Gasteiger partial charge in [0.15, 0.2) is 0 Å². The molecule has 0 nitrogen and oxygen atoms in total. The Hall–Kier alpha value is -0.820. The Morgan fingerprint density at radius 3 is 3.00 bits per heavy atom. The largest absolute Gasteiger partial charge is 0.144 e. The van der Waals surface area contributed by atoms with Crippen molar-refractivity contribution in [3.63, 3.8) is 0 Å². The van der Waals surface area contributed by atoms with E-state index >= 15 is 0 Å². The van der Waals surface area contributed by atoms with Gasteiger partial charge in [-0.3, -0.25) is 0 Å². The van der Waals surface area contributed by atoms with Crippen molar-refractivity contribution < 1.29 is 0 Å². The average molecular weight is 150 g/mol. The molecule has 0 radical (unpaired) electrons. The van der Waals surface area contributed by atoms with E-state index < -0.39 is 0 Å². The van der Waals surface area contributed by atoms with E-state index in [1.807, 2.05) is 19.1 Å². The molecule has 0 N–H and O–H groups in total. The second-order valence-corrected chi connectivity index (χ2v) is 3.17. The monoisotopic (exact) mass is 150 g/mol. The summed E-state index contributed by atoms with van der Waals surface area (Å²) in [6, 6.07) is 4.13. The van der Waals surface area contributed by atoms with Crippen LogP contribution in [0, 0.1) is 0 Å². The van der Waals surface area contributed by atoms with Crippen LogP contribution in [0.25, 0.3) is 6.08 Å². The molecule has 0 saturated carbocycles. The van der Waals surface area contributed by atoms with Crippen LogP contribution in [0.5, 0.6) is 0 Å². The topological polar surface area (TPSA) is 0 Å². The molecule has 0 unspecified atom stereocenters. The van der Waals surface area contributed by atoms with Gasteiger partial charge in [-0.25, -0.2) is 0 Å². The highest BCUT2D eigenvalue weighted by atomic mass is 32.1. The summed E-state index contributed by atoms with van der Waals surface area (Å²) in [5.74, 6) is 0. The highest BCUT2D eigenvalue weighted by molar-refractivity contribution is 7.10. The zero-order valence-electron chi connectivity index (χ0n) is 6.00. The van der Waals surface area contributed by atoms with Crippen LogP contribution in [0.2, 0.25) is 0 Å². The van der Waals surface area contributed by atoms with Crippen LogP contribution in [0.3, 0.4) is 0 Å². The third kappa shape index (κ3) is 2.19. The normalized spacial score (nSPS) is 10.5. The van der Waals surface area contributed by atoms with Gasteiger partial charge in [-0.1, -0.05) is 24.3 Å². The molecule has 0 atom stereocenters. The van der Waals surface area contributed by atoms with Gasteiger partial charge in [0.05, 0.1) is 0 Å². The molecule has 0 amide bonds. The molecule has 0 saturated heterocycles. The van der Waals surface area contributed by atoms with Gasteiger partial charge in [0, 0.05) is 4.88 Å². The third-order valence-electron chi connectivity index (χ3n) is 1.08. The second-order valence-electron chi connectivity index (χ2n) is 2.20. The second kappa shape index (κ2) is 3.37. The van der Waals surface area contributed by atoms with Crippen molar-refractivity contribution >= 4 is 17.4 Å². The van der Waals surface area contributed by atoms with Gasteiger partial charge >= 0.3 is 0 Å². The highest BCUT2D eigenvalue weighted by Crippen LogP contribution is 2.10. The number of hydrogen-bond acceptors (Lipinski definition) is 1. The Morgan fingerprint density at radius 1 is 1.70 bits per heavy atom. The predicted octanol–water partition coefficient (Wildman–Crippen LogP) is 3.34. The molecule has 1 rings (SSSR count). The molecule has 10 heavy (non-hydrogen) atoms. The first-order chi connectivity index (χ1) is 4.79. The minimum absolute atomic E-state index is 1.09. The van der Waals surface area contributed by atoms with Crippen LogP contribution in [-0.2, 0) is 0 Å². The molecule has 0 aliphatic carbocycles. The van der Waals surface area contributed by atoms with E-state index in [4.69, 9.17) is 0 Å². The van der Waals surface area contributed by atoms with Gasteiger partial charge in [-0.15, -0.1) is 11.3 Å². The van der Waals surface area contributed by atoms with E-state index in [-0.39, 0.29) is 0 Å². The molecule has 0 fully saturated rings. The van der Waals surface area contributed by atoms with Crippen molar-refractivity contribution in [1.82, 2.24) is 0 Å². The molecule has 0 bridgehead atoms. The zero-order valence-corrected chi connectivity index (χ0v) is 6.82. The van der Waals surface area contributed by atoms with Crippen molar-refractivity contribution in [2.75, 3.05) is 0 Å². The maximum atomic E-state index is 3.77. The van der Waals surface area contributed by atoms with Crippen molar-refractivity contribution in [3.8, 4) is 0 Å². The SMILES string of the molecule is C=C(C)/C=C/c1cccs1. The van der Waals surface area contributed by atoms with Gasteiger partial charge in [0.2, 0.25) is 0 Å². The van der Waals surface area contributed by atoms with E-state index in [1.54, 1.807) is 11.3 Å². The molecule has 0 aliphatic rings. The molecule has 1 aromatic rings. The van der Waals surface area contributed by atoms with Gasteiger partial charge in [0.25, 0.3) is 0 Å².